The number of hydrogen-bond donors (Lipinski definition) is 0. The number of halogens is 3. The van der Waals surface area contributed by atoms with E-state index in [-0.39, 0.29) is 0 Å². The Bertz CT molecular complexity index is 772. The number of aromatic nitrogens is 5. The highest BCUT2D eigenvalue weighted by atomic mass is 19.4. The van der Waals surface area contributed by atoms with Crippen molar-refractivity contribution in [2.24, 2.45) is 0 Å². The van der Waals surface area contributed by atoms with Crippen molar-refractivity contribution in [3.8, 4) is 5.82 Å². The Morgan fingerprint density at radius 3 is 2.62 bits per heavy atom. The van der Waals surface area contributed by atoms with Crippen molar-refractivity contribution >= 4 is 5.52 Å². The van der Waals surface area contributed by atoms with Crippen molar-refractivity contribution in [3.63, 3.8) is 0 Å². The maximum absolute atomic E-state index is 12.8. The van der Waals surface area contributed by atoms with Gasteiger partial charge in [0, 0.05) is 37.3 Å². The molecule has 0 unspecified atom stereocenters. The molecule has 0 atom stereocenters. The number of aryl methyl sites for hydroxylation is 1. The topological polar surface area (TPSA) is 48.0 Å². The lowest BCUT2D eigenvalue weighted by Crippen LogP contribution is -2.06. The zero-order valence-corrected chi connectivity index (χ0v) is 11.2. The molecule has 0 bridgehead atoms. The Morgan fingerprint density at radius 2 is 1.90 bits per heavy atom. The second kappa shape index (κ2) is 4.87. The molecule has 3 aromatic heterocycles. The molecule has 0 radical (unpaired) electrons. The molecule has 0 spiro atoms. The molecular formula is C13H12F3N5. The minimum absolute atomic E-state index is 0.292. The SMILES string of the molecule is CCCc1nccn1-c1nccn2nc(C(F)(F)F)cc12. The summed E-state index contributed by atoms with van der Waals surface area (Å²) in [4.78, 5) is 8.40. The van der Waals surface area contributed by atoms with Gasteiger partial charge in [-0.25, -0.2) is 14.5 Å². The van der Waals surface area contributed by atoms with Gasteiger partial charge in [-0.1, -0.05) is 6.92 Å². The minimum Gasteiger partial charge on any atom is -0.286 e. The van der Waals surface area contributed by atoms with Gasteiger partial charge in [-0.05, 0) is 6.42 Å². The highest BCUT2D eigenvalue weighted by Gasteiger charge is 2.34. The lowest BCUT2D eigenvalue weighted by molar-refractivity contribution is -0.141. The molecule has 0 amide bonds. The maximum atomic E-state index is 12.8. The summed E-state index contributed by atoms with van der Waals surface area (Å²) in [5, 5.41) is 3.55. The number of fused-ring (bicyclic) bond motifs is 1. The monoisotopic (exact) mass is 295 g/mol. The minimum atomic E-state index is -4.48. The Kier molecular flexibility index (Phi) is 3.15. The first kappa shape index (κ1) is 13.6. The van der Waals surface area contributed by atoms with Gasteiger partial charge in [0.05, 0.1) is 0 Å². The van der Waals surface area contributed by atoms with Gasteiger partial charge < -0.3 is 0 Å². The Morgan fingerprint density at radius 1 is 1.14 bits per heavy atom. The first-order chi connectivity index (χ1) is 10.0. The third kappa shape index (κ3) is 2.37. The van der Waals surface area contributed by atoms with E-state index in [2.05, 4.69) is 15.1 Å². The van der Waals surface area contributed by atoms with Crippen LogP contribution in [0.1, 0.15) is 24.9 Å². The molecule has 110 valence electrons. The molecule has 0 saturated carbocycles. The average molecular weight is 295 g/mol. The van der Waals surface area contributed by atoms with Gasteiger partial charge in [0.1, 0.15) is 11.3 Å². The summed E-state index contributed by atoms with van der Waals surface area (Å²) < 4.78 is 41.2. The summed E-state index contributed by atoms with van der Waals surface area (Å²) in [5.74, 6) is 1.15. The fourth-order valence-corrected chi connectivity index (χ4v) is 2.17. The fourth-order valence-electron chi connectivity index (χ4n) is 2.17. The quantitative estimate of drug-likeness (QED) is 0.746. The molecule has 0 N–H and O–H groups in total. The molecule has 0 aromatic carbocycles. The van der Waals surface area contributed by atoms with E-state index in [1.807, 2.05) is 6.92 Å². The molecule has 3 rings (SSSR count). The molecule has 3 aromatic rings. The summed E-state index contributed by atoms with van der Waals surface area (Å²) in [6, 6.07) is 0.998. The van der Waals surface area contributed by atoms with E-state index < -0.39 is 11.9 Å². The van der Waals surface area contributed by atoms with Gasteiger partial charge in [-0.15, -0.1) is 0 Å². The van der Waals surface area contributed by atoms with Crippen molar-refractivity contribution in [2.75, 3.05) is 0 Å². The number of nitrogens with zero attached hydrogens (tertiary/aromatic N) is 5. The summed E-state index contributed by atoms with van der Waals surface area (Å²) in [6.45, 7) is 2.01. The average Bonchev–Trinajstić information content (AvgIpc) is 3.03. The largest absolute Gasteiger partial charge is 0.435 e. The van der Waals surface area contributed by atoms with E-state index in [9.17, 15) is 13.2 Å². The summed E-state index contributed by atoms with van der Waals surface area (Å²) in [7, 11) is 0. The van der Waals surface area contributed by atoms with E-state index in [0.717, 1.165) is 24.7 Å². The van der Waals surface area contributed by atoms with Crippen LogP contribution in [0.5, 0.6) is 0 Å². The van der Waals surface area contributed by atoms with Gasteiger partial charge in [-0.2, -0.15) is 18.3 Å². The van der Waals surface area contributed by atoms with Crippen molar-refractivity contribution < 1.29 is 13.2 Å². The van der Waals surface area contributed by atoms with Gasteiger partial charge in [0.2, 0.25) is 0 Å². The van der Waals surface area contributed by atoms with Crippen LogP contribution in [0.15, 0.2) is 30.9 Å². The van der Waals surface area contributed by atoms with Crippen LogP contribution in [0.25, 0.3) is 11.3 Å². The Labute approximate surface area is 118 Å². The lowest BCUT2D eigenvalue weighted by atomic mass is 10.3. The second-order valence-electron chi connectivity index (χ2n) is 4.57. The molecule has 0 fully saturated rings. The zero-order valence-electron chi connectivity index (χ0n) is 11.2. The first-order valence-electron chi connectivity index (χ1n) is 6.45. The van der Waals surface area contributed by atoms with E-state index >= 15 is 0 Å². The third-order valence-corrected chi connectivity index (χ3v) is 3.08. The molecule has 0 aliphatic rings. The molecule has 0 saturated heterocycles. The van der Waals surface area contributed by atoms with Gasteiger partial charge >= 0.3 is 6.18 Å². The Hall–Kier alpha value is -2.38. The maximum Gasteiger partial charge on any atom is 0.435 e. The summed E-state index contributed by atoms with van der Waals surface area (Å²) in [5.41, 5.74) is -0.644. The molecule has 0 aliphatic heterocycles. The Balaban J connectivity index is 2.19. The second-order valence-corrected chi connectivity index (χ2v) is 4.57. The van der Waals surface area contributed by atoms with Crippen molar-refractivity contribution in [1.82, 2.24) is 24.1 Å². The van der Waals surface area contributed by atoms with Gasteiger partial charge in [0.15, 0.2) is 11.5 Å². The van der Waals surface area contributed by atoms with Crippen LogP contribution >= 0.6 is 0 Å². The molecule has 5 nitrogen and oxygen atoms in total. The number of imidazole rings is 1. The van der Waals surface area contributed by atoms with Crippen LogP contribution in [0.2, 0.25) is 0 Å². The number of alkyl halides is 3. The van der Waals surface area contributed by atoms with Gasteiger partial charge in [-0.3, -0.25) is 4.57 Å². The first-order valence-corrected chi connectivity index (χ1v) is 6.45. The van der Waals surface area contributed by atoms with E-state index in [0.29, 0.717) is 11.3 Å². The fraction of sp³-hybridized carbons (Fsp3) is 0.308. The molecule has 3 heterocycles. The molecule has 21 heavy (non-hydrogen) atoms. The van der Waals surface area contributed by atoms with Crippen LogP contribution in [0.3, 0.4) is 0 Å². The highest BCUT2D eigenvalue weighted by Crippen LogP contribution is 2.29. The standard InChI is InChI=1S/C13H12F3N5/c1-2-3-11-17-4-6-20(11)12-9-8-10(13(14,15)16)19-21(9)7-5-18-12/h4-8H,2-3H2,1H3. The van der Waals surface area contributed by atoms with Gasteiger partial charge in [0.25, 0.3) is 0 Å². The molecule has 8 heteroatoms. The zero-order chi connectivity index (χ0) is 15.0. The van der Waals surface area contributed by atoms with Crippen LogP contribution in [0.4, 0.5) is 13.2 Å². The van der Waals surface area contributed by atoms with Crippen molar-refractivity contribution in [1.29, 1.82) is 0 Å². The predicted molar refractivity (Wildman–Crippen MR) is 69.1 cm³/mol. The summed E-state index contributed by atoms with van der Waals surface area (Å²) >= 11 is 0. The third-order valence-electron chi connectivity index (χ3n) is 3.08. The molecule has 0 aliphatic carbocycles. The normalized spacial score (nSPS) is 12.2. The highest BCUT2D eigenvalue weighted by molar-refractivity contribution is 5.61. The van der Waals surface area contributed by atoms with Crippen LogP contribution in [-0.4, -0.2) is 24.1 Å². The predicted octanol–water partition coefficient (Wildman–Crippen LogP) is 2.89. The summed E-state index contributed by atoms with van der Waals surface area (Å²) in [6.07, 6.45) is 3.23. The van der Waals surface area contributed by atoms with Crippen molar-refractivity contribution in [3.05, 3.63) is 42.4 Å². The van der Waals surface area contributed by atoms with Crippen molar-refractivity contribution in [2.45, 2.75) is 25.9 Å². The van der Waals surface area contributed by atoms with Crippen LogP contribution < -0.4 is 0 Å². The van der Waals surface area contributed by atoms with E-state index in [1.54, 1.807) is 17.0 Å². The number of rotatable bonds is 3. The van der Waals surface area contributed by atoms with Crippen LogP contribution in [-0.2, 0) is 12.6 Å². The number of hydrogen-bond acceptors (Lipinski definition) is 3. The van der Waals surface area contributed by atoms with E-state index in [1.165, 1.54) is 16.9 Å². The molecular weight excluding hydrogens is 283 g/mol. The van der Waals surface area contributed by atoms with Crippen LogP contribution in [0, 0.1) is 0 Å². The lowest BCUT2D eigenvalue weighted by Gasteiger charge is -2.07. The smallest absolute Gasteiger partial charge is 0.286 e. The van der Waals surface area contributed by atoms with E-state index in [4.69, 9.17) is 0 Å².